The number of hydrogen-bond donors (Lipinski definition) is 2. The molecule has 0 aromatic carbocycles. The first kappa shape index (κ1) is 14.9. The molecule has 0 bridgehead atoms. The highest BCUT2D eigenvalue weighted by atomic mass is 16.3. The lowest BCUT2D eigenvalue weighted by Crippen LogP contribution is -2.47. The predicted octanol–water partition coefficient (Wildman–Crippen LogP) is 0.933. The van der Waals surface area contributed by atoms with Gasteiger partial charge in [-0.15, -0.1) is 0 Å². The van der Waals surface area contributed by atoms with E-state index in [9.17, 15) is 9.90 Å². The van der Waals surface area contributed by atoms with Crippen LogP contribution >= 0.6 is 0 Å². The van der Waals surface area contributed by atoms with E-state index in [1.54, 1.807) is 12.4 Å². The van der Waals surface area contributed by atoms with Gasteiger partial charge in [-0.3, -0.25) is 14.7 Å². The van der Waals surface area contributed by atoms with Crippen molar-refractivity contribution in [2.24, 2.45) is 0 Å². The van der Waals surface area contributed by atoms with Crippen molar-refractivity contribution >= 4 is 5.91 Å². The number of amides is 1. The predicted molar refractivity (Wildman–Crippen MR) is 77.0 cm³/mol. The number of pyridine rings is 1. The van der Waals surface area contributed by atoms with Crippen molar-refractivity contribution < 1.29 is 9.90 Å². The number of rotatable bonds is 5. The molecular formula is C15H23N3O2. The fourth-order valence-electron chi connectivity index (χ4n) is 2.63. The Hall–Kier alpha value is -1.46. The normalized spacial score (nSPS) is 22.8. The van der Waals surface area contributed by atoms with Crippen LogP contribution in [0.25, 0.3) is 0 Å². The molecule has 2 rings (SSSR count). The molecule has 1 aliphatic rings. The van der Waals surface area contributed by atoms with Crippen LogP contribution in [0.3, 0.4) is 0 Å². The van der Waals surface area contributed by atoms with Crippen LogP contribution in [0.15, 0.2) is 24.5 Å². The summed E-state index contributed by atoms with van der Waals surface area (Å²) in [6, 6.07) is 3.81. The molecule has 0 saturated heterocycles. The van der Waals surface area contributed by atoms with Crippen molar-refractivity contribution in [1.29, 1.82) is 0 Å². The molecule has 0 spiro atoms. The van der Waals surface area contributed by atoms with Crippen LogP contribution in [0.4, 0.5) is 0 Å². The minimum atomic E-state index is -0.391. The fraction of sp³-hybridized carbons (Fsp3) is 0.600. The van der Waals surface area contributed by atoms with Crippen LogP contribution in [0.5, 0.6) is 0 Å². The molecule has 5 heteroatoms. The van der Waals surface area contributed by atoms with E-state index in [-0.39, 0.29) is 11.9 Å². The molecular weight excluding hydrogens is 254 g/mol. The molecule has 1 saturated carbocycles. The average molecular weight is 277 g/mol. The van der Waals surface area contributed by atoms with Crippen molar-refractivity contribution in [3.05, 3.63) is 30.1 Å². The first-order valence-corrected chi connectivity index (χ1v) is 7.20. The molecule has 2 atom stereocenters. The molecule has 5 nitrogen and oxygen atoms in total. The SMILES string of the molecule is CN(CC(=O)N[C@@H]1CCCC[C@H]1O)Cc1ccncc1. The molecule has 110 valence electrons. The van der Waals surface area contributed by atoms with E-state index in [2.05, 4.69) is 10.3 Å². The molecule has 0 radical (unpaired) electrons. The number of aliphatic hydroxyl groups excluding tert-OH is 1. The molecule has 1 aromatic rings. The quantitative estimate of drug-likeness (QED) is 0.840. The summed E-state index contributed by atoms with van der Waals surface area (Å²) < 4.78 is 0. The van der Waals surface area contributed by atoms with Gasteiger partial charge in [0.2, 0.25) is 5.91 Å². The number of carbonyl (C=O) groups is 1. The van der Waals surface area contributed by atoms with Gasteiger partial charge in [0.15, 0.2) is 0 Å². The van der Waals surface area contributed by atoms with E-state index < -0.39 is 6.10 Å². The zero-order chi connectivity index (χ0) is 14.4. The molecule has 1 heterocycles. The van der Waals surface area contributed by atoms with E-state index in [4.69, 9.17) is 0 Å². The zero-order valence-corrected chi connectivity index (χ0v) is 12.0. The maximum absolute atomic E-state index is 12.0. The topological polar surface area (TPSA) is 65.5 Å². The van der Waals surface area contributed by atoms with Crippen LogP contribution < -0.4 is 5.32 Å². The van der Waals surface area contributed by atoms with E-state index in [0.29, 0.717) is 13.1 Å². The van der Waals surface area contributed by atoms with Crippen molar-refractivity contribution in [3.8, 4) is 0 Å². The monoisotopic (exact) mass is 277 g/mol. The van der Waals surface area contributed by atoms with Gasteiger partial charge in [-0.25, -0.2) is 0 Å². The van der Waals surface area contributed by atoms with Gasteiger partial charge in [0, 0.05) is 18.9 Å². The zero-order valence-electron chi connectivity index (χ0n) is 12.0. The summed E-state index contributed by atoms with van der Waals surface area (Å²) in [6.45, 7) is 1.05. The van der Waals surface area contributed by atoms with E-state index in [1.807, 2.05) is 24.1 Å². The molecule has 0 aliphatic heterocycles. The largest absolute Gasteiger partial charge is 0.391 e. The Labute approximate surface area is 120 Å². The molecule has 2 N–H and O–H groups in total. The third-order valence-electron chi connectivity index (χ3n) is 3.69. The van der Waals surface area contributed by atoms with E-state index in [1.165, 1.54) is 0 Å². The number of aromatic nitrogens is 1. The fourth-order valence-corrected chi connectivity index (χ4v) is 2.63. The molecule has 20 heavy (non-hydrogen) atoms. The van der Waals surface area contributed by atoms with Crippen LogP contribution in [0.1, 0.15) is 31.2 Å². The third-order valence-corrected chi connectivity index (χ3v) is 3.69. The van der Waals surface area contributed by atoms with Crippen LogP contribution in [0.2, 0.25) is 0 Å². The lowest BCUT2D eigenvalue weighted by Gasteiger charge is -2.29. The molecule has 1 fully saturated rings. The Morgan fingerprint density at radius 2 is 2.10 bits per heavy atom. The van der Waals surface area contributed by atoms with Gasteiger partial charge in [0.05, 0.1) is 18.7 Å². The Balaban J connectivity index is 1.76. The Morgan fingerprint density at radius 1 is 1.40 bits per heavy atom. The smallest absolute Gasteiger partial charge is 0.234 e. The van der Waals surface area contributed by atoms with Gasteiger partial charge in [-0.2, -0.15) is 0 Å². The van der Waals surface area contributed by atoms with Gasteiger partial charge in [-0.1, -0.05) is 12.8 Å². The standard InChI is InChI=1S/C15H23N3O2/c1-18(10-12-6-8-16-9-7-12)11-15(20)17-13-4-2-3-5-14(13)19/h6-9,13-14,19H,2-5,10-11H2,1H3,(H,17,20)/t13-,14-/m1/s1. The second kappa shape index (κ2) is 7.36. The van der Waals surface area contributed by atoms with Gasteiger partial charge < -0.3 is 10.4 Å². The van der Waals surface area contributed by atoms with E-state index >= 15 is 0 Å². The summed E-state index contributed by atoms with van der Waals surface area (Å²) in [5, 5.41) is 12.8. The van der Waals surface area contributed by atoms with Gasteiger partial charge in [-0.05, 0) is 37.6 Å². The lowest BCUT2D eigenvalue weighted by molar-refractivity contribution is -0.124. The highest BCUT2D eigenvalue weighted by Crippen LogP contribution is 2.18. The Kier molecular flexibility index (Phi) is 5.49. The minimum Gasteiger partial charge on any atom is -0.391 e. The first-order valence-electron chi connectivity index (χ1n) is 7.20. The Morgan fingerprint density at radius 3 is 2.80 bits per heavy atom. The number of carbonyl (C=O) groups excluding carboxylic acids is 1. The van der Waals surface area contributed by atoms with Crippen molar-refractivity contribution in [2.45, 2.75) is 44.4 Å². The molecule has 1 amide bonds. The number of nitrogens with one attached hydrogen (secondary N) is 1. The average Bonchev–Trinajstić information content (AvgIpc) is 2.42. The van der Waals surface area contributed by atoms with Gasteiger partial charge in [0.25, 0.3) is 0 Å². The maximum Gasteiger partial charge on any atom is 0.234 e. The summed E-state index contributed by atoms with van der Waals surface area (Å²) in [6.07, 6.45) is 6.91. The van der Waals surface area contributed by atoms with Crippen molar-refractivity contribution in [2.75, 3.05) is 13.6 Å². The van der Waals surface area contributed by atoms with Gasteiger partial charge >= 0.3 is 0 Å². The molecule has 1 aromatic heterocycles. The number of aliphatic hydroxyl groups is 1. The van der Waals surface area contributed by atoms with Gasteiger partial charge in [0.1, 0.15) is 0 Å². The highest BCUT2D eigenvalue weighted by Gasteiger charge is 2.24. The summed E-state index contributed by atoms with van der Waals surface area (Å²) in [7, 11) is 1.91. The lowest BCUT2D eigenvalue weighted by atomic mass is 9.92. The summed E-state index contributed by atoms with van der Waals surface area (Å²) >= 11 is 0. The number of hydrogen-bond acceptors (Lipinski definition) is 4. The van der Waals surface area contributed by atoms with Crippen molar-refractivity contribution in [1.82, 2.24) is 15.2 Å². The van der Waals surface area contributed by atoms with Crippen LogP contribution in [-0.4, -0.2) is 46.6 Å². The number of nitrogens with zero attached hydrogens (tertiary/aromatic N) is 2. The highest BCUT2D eigenvalue weighted by molar-refractivity contribution is 5.78. The van der Waals surface area contributed by atoms with Crippen LogP contribution in [0, 0.1) is 0 Å². The maximum atomic E-state index is 12.0. The van der Waals surface area contributed by atoms with Crippen molar-refractivity contribution in [3.63, 3.8) is 0 Å². The first-order chi connectivity index (χ1) is 9.65. The summed E-state index contributed by atoms with van der Waals surface area (Å²) in [4.78, 5) is 17.9. The second-order valence-corrected chi connectivity index (χ2v) is 5.55. The molecule has 1 aliphatic carbocycles. The van der Waals surface area contributed by atoms with E-state index in [0.717, 1.165) is 31.2 Å². The summed E-state index contributed by atoms with van der Waals surface area (Å²) in [5.74, 6) is -0.0208. The Bertz CT molecular complexity index is 424. The second-order valence-electron chi connectivity index (χ2n) is 5.55. The number of likely N-dealkylation sites (N-methyl/N-ethyl adjacent to an activating group) is 1. The van der Waals surface area contributed by atoms with Crippen LogP contribution in [-0.2, 0) is 11.3 Å². The summed E-state index contributed by atoms with van der Waals surface area (Å²) in [5.41, 5.74) is 1.13. The third kappa shape index (κ3) is 4.58. The molecule has 0 unspecified atom stereocenters. The minimum absolute atomic E-state index is 0.0208.